The van der Waals surface area contributed by atoms with E-state index < -0.39 is 29.4 Å². The Morgan fingerprint density at radius 1 is 1.12 bits per heavy atom. The Kier molecular flexibility index (Phi) is 7.92. The minimum absolute atomic E-state index is 0.00425. The molecule has 176 valence electrons. The van der Waals surface area contributed by atoms with E-state index in [0.717, 1.165) is 0 Å². The Balaban J connectivity index is 1.84. The lowest BCUT2D eigenvalue weighted by molar-refractivity contribution is -0.144. The molecule has 0 amide bonds. The first-order valence-electron chi connectivity index (χ1n) is 10.9. The number of phenols is 1. The van der Waals surface area contributed by atoms with Crippen LogP contribution in [0.5, 0.6) is 11.5 Å². The third kappa shape index (κ3) is 6.24. The number of esters is 1. The van der Waals surface area contributed by atoms with Crippen molar-refractivity contribution in [2.75, 3.05) is 6.61 Å². The molecule has 2 aromatic rings. The van der Waals surface area contributed by atoms with Gasteiger partial charge in [0.15, 0.2) is 0 Å². The highest BCUT2D eigenvalue weighted by Gasteiger charge is 2.27. The number of rotatable bonds is 4. The zero-order valence-corrected chi connectivity index (χ0v) is 18.7. The standard InChI is InChI=1S/C23H27N3O7/c1-14-6-7-19(28)22(30)18(27)5-3-4-16-12-17(32-11-10-26-9-8-24-25-26)13-20(29)21(16)23(31)33-15(14)2/h8-9,12-15,29H,3-7,10-11H2,1-2H3/t14-,15+/m1/s1. The van der Waals surface area contributed by atoms with Gasteiger partial charge in [0.1, 0.15) is 29.8 Å². The van der Waals surface area contributed by atoms with Gasteiger partial charge in [-0.05, 0) is 43.7 Å². The van der Waals surface area contributed by atoms with E-state index >= 15 is 0 Å². The summed E-state index contributed by atoms with van der Waals surface area (Å²) in [6, 6.07) is 2.95. The van der Waals surface area contributed by atoms with Crippen LogP contribution in [0.1, 0.15) is 55.5 Å². The van der Waals surface area contributed by atoms with E-state index in [1.807, 2.05) is 0 Å². The fourth-order valence-corrected chi connectivity index (χ4v) is 3.54. The van der Waals surface area contributed by atoms with Crippen LogP contribution in [0.2, 0.25) is 0 Å². The molecule has 1 N–H and O–H groups in total. The minimum atomic E-state index is -0.989. The third-order valence-electron chi connectivity index (χ3n) is 5.72. The van der Waals surface area contributed by atoms with E-state index in [0.29, 0.717) is 24.3 Å². The quantitative estimate of drug-likeness (QED) is 0.540. The largest absolute Gasteiger partial charge is 0.507 e. The van der Waals surface area contributed by atoms with Crippen LogP contribution >= 0.6 is 0 Å². The van der Waals surface area contributed by atoms with Crippen LogP contribution in [0.15, 0.2) is 24.5 Å². The average molecular weight is 457 g/mol. The van der Waals surface area contributed by atoms with E-state index in [4.69, 9.17) is 9.47 Å². The summed E-state index contributed by atoms with van der Waals surface area (Å²) in [5, 5.41) is 18.2. The molecule has 10 heteroatoms. The first-order valence-corrected chi connectivity index (χ1v) is 10.9. The van der Waals surface area contributed by atoms with E-state index in [9.17, 15) is 24.3 Å². The third-order valence-corrected chi connectivity index (χ3v) is 5.72. The Morgan fingerprint density at radius 3 is 2.61 bits per heavy atom. The number of aromatic nitrogens is 3. The van der Waals surface area contributed by atoms with Gasteiger partial charge in [0.05, 0.1) is 12.7 Å². The number of phenolic OH excluding ortho intramolecular Hbond substituents is 1. The monoisotopic (exact) mass is 457 g/mol. The lowest BCUT2D eigenvalue weighted by Gasteiger charge is -2.22. The van der Waals surface area contributed by atoms with E-state index in [1.165, 1.54) is 6.07 Å². The zero-order valence-electron chi connectivity index (χ0n) is 18.7. The molecule has 0 aliphatic carbocycles. The Morgan fingerprint density at radius 2 is 1.88 bits per heavy atom. The number of ketones is 3. The first kappa shape index (κ1) is 24.1. The molecule has 1 aliphatic rings. The molecule has 0 fully saturated rings. The van der Waals surface area contributed by atoms with Crippen molar-refractivity contribution in [2.45, 2.75) is 58.6 Å². The number of nitrogens with zero attached hydrogens (tertiary/aromatic N) is 3. The van der Waals surface area contributed by atoms with Crippen molar-refractivity contribution < 1.29 is 33.8 Å². The van der Waals surface area contributed by atoms with Crippen LogP contribution in [0, 0.1) is 5.92 Å². The summed E-state index contributed by atoms with van der Waals surface area (Å²) < 4.78 is 12.8. The van der Waals surface area contributed by atoms with Crippen LogP contribution in [-0.4, -0.2) is 56.1 Å². The minimum Gasteiger partial charge on any atom is -0.507 e. The maximum absolute atomic E-state index is 12.9. The van der Waals surface area contributed by atoms with Gasteiger partial charge in [0, 0.05) is 25.1 Å². The predicted octanol–water partition coefficient (Wildman–Crippen LogP) is 2.07. The lowest BCUT2D eigenvalue weighted by Crippen LogP contribution is -2.27. The van der Waals surface area contributed by atoms with Gasteiger partial charge in [0.25, 0.3) is 5.78 Å². The number of carbonyl (C=O) groups is 4. The molecule has 0 saturated heterocycles. The molecule has 1 aromatic heterocycles. The van der Waals surface area contributed by atoms with Crippen LogP contribution in [-0.2, 0) is 32.1 Å². The van der Waals surface area contributed by atoms with Crippen LogP contribution in [0.3, 0.4) is 0 Å². The van der Waals surface area contributed by atoms with Crippen LogP contribution < -0.4 is 4.74 Å². The normalized spacial score (nSPS) is 20.7. The molecular formula is C23H27N3O7. The molecule has 2 heterocycles. The fraction of sp³-hybridized carbons (Fsp3) is 0.478. The number of Topliss-reactive ketones (excluding diaryl/α,β-unsaturated/α-hetero) is 3. The number of ether oxygens (including phenoxy) is 2. The van der Waals surface area contributed by atoms with Gasteiger partial charge >= 0.3 is 5.97 Å². The molecule has 2 atom stereocenters. The first-order chi connectivity index (χ1) is 15.8. The van der Waals surface area contributed by atoms with Gasteiger partial charge in [-0.25, -0.2) is 9.48 Å². The van der Waals surface area contributed by atoms with Gasteiger partial charge in [-0.2, -0.15) is 0 Å². The van der Waals surface area contributed by atoms with Gasteiger partial charge in [-0.1, -0.05) is 12.1 Å². The van der Waals surface area contributed by atoms with Crippen molar-refractivity contribution in [3.63, 3.8) is 0 Å². The smallest absolute Gasteiger partial charge is 0.342 e. The summed E-state index contributed by atoms with van der Waals surface area (Å²) in [6.07, 6.45) is 3.17. The van der Waals surface area contributed by atoms with Gasteiger partial charge < -0.3 is 14.6 Å². The second-order valence-corrected chi connectivity index (χ2v) is 8.15. The zero-order chi connectivity index (χ0) is 24.0. The summed E-state index contributed by atoms with van der Waals surface area (Å²) >= 11 is 0. The fourth-order valence-electron chi connectivity index (χ4n) is 3.54. The maximum atomic E-state index is 12.9. The summed E-state index contributed by atoms with van der Waals surface area (Å²) in [5.41, 5.74) is 0.434. The predicted molar refractivity (Wildman–Crippen MR) is 115 cm³/mol. The van der Waals surface area contributed by atoms with E-state index in [-0.39, 0.29) is 49.5 Å². The van der Waals surface area contributed by atoms with Crippen molar-refractivity contribution in [3.8, 4) is 11.5 Å². The highest BCUT2D eigenvalue weighted by Crippen LogP contribution is 2.31. The summed E-state index contributed by atoms with van der Waals surface area (Å²) in [5.74, 6) is -3.33. The number of hydrogen-bond donors (Lipinski definition) is 1. The van der Waals surface area contributed by atoms with Gasteiger partial charge in [-0.3, -0.25) is 14.4 Å². The van der Waals surface area contributed by atoms with Crippen molar-refractivity contribution in [1.82, 2.24) is 15.0 Å². The van der Waals surface area contributed by atoms with Gasteiger partial charge in [-0.15, -0.1) is 5.10 Å². The summed E-state index contributed by atoms with van der Waals surface area (Å²) in [6.45, 7) is 4.15. The molecule has 1 aromatic carbocycles. The molecule has 0 unspecified atom stereocenters. The van der Waals surface area contributed by atoms with Crippen molar-refractivity contribution in [1.29, 1.82) is 0 Å². The van der Waals surface area contributed by atoms with Crippen molar-refractivity contribution >= 4 is 23.3 Å². The van der Waals surface area contributed by atoms with Gasteiger partial charge in [0.2, 0.25) is 11.6 Å². The van der Waals surface area contributed by atoms with E-state index in [1.54, 1.807) is 37.0 Å². The van der Waals surface area contributed by atoms with Crippen LogP contribution in [0.4, 0.5) is 0 Å². The van der Waals surface area contributed by atoms with Crippen molar-refractivity contribution in [2.24, 2.45) is 5.92 Å². The SMILES string of the molecule is C[C@@H]1CCC(=O)C(=O)C(=O)CCCc2cc(OCCn3ccnn3)cc(O)c2C(=O)O[C@H]1C. The molecule has 3 rings (SSSR count). The number of carbonyl (C=O) groups excluding carboxylic acids is 4. The molecule has 10 nitrogen and oxygen atoms in total. The van der Waals surface area contributed by atoms with E-state index in [2.05, 4.69) is 10.3 Å². The second kappa shape index (κ2) is 10.8. The summed E-state index contributed by atoms with van der Waals surface area (Å²) in [7, 11) is 0. The molecule has 1 aliphatic heterocycles. The number of cyclic esters (lactones) is 1. The van der Waals surface area contributed by atoms with Crippen molar-refractivity contribution in [3.05, 3.63) is 35.7 Å². The molecule has 33 heavy (non-hydrogen) atoms. The molecule has 0 saturated carbocycles. The lowest BCUT2D eigenvalue weighted by atomic mass is 9.94. The highest BCUT2D eigenvalue weighted by atomic mass is 16.5. The highest BCUT2D eigenvalue weighted by molar-refractivity contribution is 6.63. The van der Waals surface area contributed by atoms with Crippen LogP contribution in [0.25, 0.3) is 0 Å². The Bertz CT molecular complexity index is 1030. The molecule has 0 spiro atoms. The summed E-state index contributed by atoms with van der Waals surface area (Å²) in [4.78, 5) is 49.2. The Labute approximate surface area is 190 Å². The number of hydrogen-bond acceptors (Lipinski definition) is 9. The Hall–Kier alpha value is -3.56. The number of fused-ring (bicyclic) bond motifs is 1. The molecule has 0 radical (unpaired) electrons. The topological polar surface area (TPSA) is 138 Å². The number of aryl methyl sites for hydroxylation is 1. The number of aromatic hydroxyl groups is 1. The molecule has 0 bridgehead atoms. The molecular weight excluding hydrogens is 430 g/mol. The average Bonchev–Trinajstić information content (AvgIpc) is 3.29. The number of benzene rings is 1. The maximum Gasteiger partial charge on any atom is 0.342 e. The second-order valence-electron chi connectivity index (χ2n) is 8.15.